The summed E-state index contributed by atoms with van der Waals surface area (Å²) in [5, 5.41) is 7.49. The van der Waals surface area contributed by atoms with E-state index >= 15 is 0 Å². The molecule has 4 aromatic rings. The Morgan fingerprint density at radius 1 is 1.05 bits per heavy atom. The van der Waals surface area contributed by atoms with Crippen LogP contribution >= 0.6 is 27.3 Å². The van der Waals surface area contributed by atoms with Gasteiger partial charge in [-0.05, 0) is 59.5 Å². The third-order valence-electron chi connectivity index (χ3n) is 6.97. The van der Waals surface area contributed by atoms with Crippen LogP contribution in [-0.2, 0) is 19.5 Å². The molecule has 0 bridgehead atoms. The molecule has 0 fully saturated rings. The molecule has 0 spiro atoms. The van der Waals surface area contributed by atoms with Gasteiger partial charge in [-0.25, -0.2) is 4.79 Å². The maximum absolute atomic E-state index is 13.3. The van der Waals surface area contributed by atoms with Crippen LogP contribution in [0.2, 0.25) is 0 Å². The van der Waals surface area contributed by atoms with E-state index in [1.54, 1.807) is 47.7 Å². The quantitative estimate of drug-likeness (QED) is 0.203. The summed E-state index contributed by atoms with van der Waals surface area (Å²) in [5.41, 5.74) is 4.43. The van der Waals surface area contributed by atoms with Crippen molar-refractivity contribution in [2.45, 2.75) is 25.7 Å². The summed E-state index contributed by atoms with van der Waals surface area (Å²) in [6.07, 6.45) is 0.413. The van der Waals surface area contributed by atoms with Gasteiger partial charge in [-0.1, -0.05) is 52.3 Å². The molecule has 39 heavy (non-hydrogen) atoms. The molecule has 1 amide bonds. The molecule has 0 saturated carbocycles. The van der Waals surface area contributed by atoms with E-state index in [0.29, 0.717) is 17.1 Å². The Morgan fingerprint density at radius 3 is 2.62 bits per heavy atom. The molecule has 7 nitrogen and oxygen atoms in total. The number of esters is 1. The van der Waals surface area contributed by atoms with Crippen molar-refractivity contribution in [2.24, 2.45) is 0 Å². The van der Waals surface area contributed by atoms with E-state index < -0.39 is 12.1 Å². The fourth-order valence-electron chi connectivity index (χ4n) is 5.00. The van der Waals surface area contributed by atoms with Gasteiger partial charge in [0.1, 0.15) is 11.2 Å². The maximum Gasteiger partial charge on any atom is 0.343 e. The smallest absolute Gasteiger partial charge is 0.343 e. The summed E-state index contributed by atoms with van der Waals surface area (Å²) < 4.78 is 12.0. The van der Waals surface area contributed by atoms with Crippen molar-refractivity contribution in [3.8, 4) is 11.5 Å². The summed E-state index contributed by atoms with van der Waals surface area (Å²) in [5.74, 6) is 0.157. The molecule has 1 unspecified atom stereocenters. The first-order chi connectivity index (χ1) is 19.0. The number of fused-ring (bicyclic) bond motifs is 3. The number of anilines is 1. The van der Waals surface area contributed by atoms with Gasteiger partial charge in [-0.3, -0.25) is 9.69 Å². The molecule has 1 aromatic heterocycles. The Morgan fingerprint density at radius 2 is 1.85 bits per heavy atom. The highest BCUT2D eigenvalue weighted by Gasteiger charge is 2.33. The van der Waals surface area contributed by atoms with Crippen LogP contribution in [0.25, 0.3) is 0 Å². The van der Waals surface area contributed by atoms with Crippen LogP contribution in [-0.4, -0.2) is 30.4 Å². The van der Waals surface area contributed by atoms with Crippen LogP contribution in [0.5, 0.6) is 11.5 Å². The van der Waals surface area contributed by atoms with Crippen molar-refractivity contribution in [1.82, 2.24) is 10.2 Å². The van der Waals surface area contributed by atoms with Gasteiger partial charge in [0, 0.05) is 29.0 Å². The number of hydrogen-bond acceptors (Lipinski definition) is 7. The molecule has 0 aliphatic carbocycles. The summed E-state index contributed by atoms with van der Waals surface area (Å²) in [6, 6.07) is 22.7. The highest BCUT2D eigenvalue weighted by Crippen LogP contribution is 2.42. The van der Waals surface area contributed by atoms with Gasteiger partial charge in [-0.2, -0.15) is 0 Å². The number of carbonyl (C=O) groups excluding carboxylic acids is 2. The molecule has 3 aromatic carbocycles. The number of nitrogens with zero attached hydrogens (tertiary/aromatic N) is 1. The third-order valence-corrected chi connectivity index (χ3v) is 8.64. The first-order valence-corrected chi connectivity index (χ1v) is 14.2. The largest absolute Gasteiger partial charge is 0.493 e. The zero-order valence-corrected chi connectivity index (χ0v) is 23.6. The topological polar surface area (TPSA) is 79.9 Å². The number of rotatable bonds is 6. The Kier molecular flexibility index (Phi) is 7.12. The monoisotopic (exact) mass is 603 g/mol. The number of halogens is 1. The molecule has 3 heterocycles. The molecule has 6 rings (SSSR count). The zero-order valence-electron chi connectivity index (χ0n) is 21.2. The molecule has 9 heteroatoms. The minimum atomic E-state index is -0.479. The minimum absolute atomic E-state index is 0.0764. The van der Waals surface area contributed by atoms with E-state index in [1.807, 2.05) is 12.1 Å². The van der Waals surface area contributed by atoms with Crippen LogP contribution in [0, 0.1) is 0 Å². The van der Waals surface area contributed by atoms with Crippen LogP contribution in [0.3, 0.4) is 0 Å². The number of amides is 1. The summed E-state index contributed by atoms with van der Waals surface area (Å²) in [4.78, 5) is 29.5. The fraction of sp³-hybridized carbons (Fsp3) is 0.200. The molecular formula is C30H26BrN3O4S. The molecule has 0 saturated heterocycles. The van der Waals surface area contributed by atoms with Gasteiger partial charge < -0.3 is 20.1 Å². The van der Waals surface area contributed by atoms with Crippen LogP contribution in [0.4, 0.5) is 5.00 Å². The first-order valence-electron chi connectivity index (χ1n) is 12.6. The normalized spacial score (nSPS) is 16.5. The second kappa shape index (κ2) is 10.8. The predicted molar refractivity (Wildman–Crippen MR) is 155 cm³/mol. The SMILES string of the molecule is COc1cc(C2NC(=O)c3c(sc4c3CCN(Cc3ccccc3)C4)N2)ccc1OC(=O)c1ccc(Br)cc1. The van der Waals surface area contributed by atoms with Crippen molar-refractivity contribution in [3.05, 3.63) is 110 Å². The van der Waals surface area contributed by atoms with Gasteiger partial charge in [0.05, 0.1) is 18.2 Å². The molecule has 198 valence electrons. The van der Waals surface area contributed by atoms with E-state index in [-0.39, 0.29) is 5.91 Å². The number of ether oxygens (including phenoxy) is 2. The standard InChI is InChI=1S/C30H26BrN3O4S/c1-37-24-15-20(9-12-23(24)38-30(36)19-7-10-21(31)11-8-19)27-32-28(35)26-22-13-14-34(16-18-5-3-2-4-6-18)17-25(22)39-29(26)33-27/h2-12,15,27,33H,13-14,16-17H2,1H3,(H,32,35). The molecular weight excluding hydrogens is 578 g/mol. The average molecular weight is 605 g/mol. The Hall–Kier alpha value is -3.66. The number of methoxy groups -OCH3 is 1. The molecule has 2 aliphatic rings. The fourth-order valence-corrected chi connectivity index (χ4v) is 6.58. The summed E-state index contributed by atoms with van der Waals surface area (Å²) in [7, 11) is 1.52. The van der Waals surface area contributed by atoms with E-state index in [1.165, 1.54) is 17.6 Å². The Labute approximate surface area is 238 Å². The number of nitrogens with one attached hydrogen (secondary N) is 2. The first kappa shape index (κ1) is 25.6. The molecule has 2 aliphatic heterocycles. The summed E-state index contributed by atoms with van der Waals surface area (Å²) in [6.45, 7) is 2.64. The second-order valence-electron chi connectivity index (χ2n) is 9.51. The van der Waals surface area contributed by atoms with Gasteiger partial charge in [0.25, 0.3) is 5.91 Å². The van der Waals surface area contributed by atoms with Gasteiger partial charge in [-0.15, -0.1) is 11.3 Å². The molecule has 1 atom stereocenters. The van der Waals surface area contributed by atoms with Gasteiger partial charge >= 0.3 is 5.97 Å². The Balaban J connectivity index is 1.19. The third kappa shape index (κ3) is 5.30. The zero-order chi connectivity index (χ0) is 26.9. The second-order valence-corrected chi connectivity index (χ2v) is 11.5. The number of thiophene rings is 1. The molecule has 0 radical (unpaired) electrons. The van der Waals surface area contributed by atoms with Crippen molar-refractivity contribution in [2.75, 3.05) is 19.0 Å². The highest BCUT2D eigenvalue weighted by molar-refractivity contribution is 9.10. The minimum Gasteiger partial charge on any atom is -0.493 e. The number of hydrogen-bond donors (Lipinski definition) is 2. The van der Waals surface area contributed by atoms with Gasteiger partial charge in [0.2, 0.25) is 0 Å². The average Bonchev–Trinajstić information content (AvgIpc) is 3.32. The Bertz CT molecular complexity index is 1540. The lowest BCUT2D eigenvalue weighted by atomic mass is 10.00. The summed E-state index contributed by atoms with van der Waals surface area (Å²) >= 11 is 5.02. The van der Waals surface area contributed by atoms with E-state index in [2.05, 4.69) is 55.7 Å². The van der Waals surface area contributed by atoms with Crippen molar-refractivity contribution in [3.63, 3.8) is 0 Å². The highest BCUT2D eigenvalue weighted by atomic mass is 79.9. The maximum atomic E-state index is 13.3. The lowest BCUT2D eigenvalue weighted by molar-refractivity contribution is 0.0729. The van der Waals surface area contributed by atoms with E-state index in [4.69, 9.17) is 9.47 Å². The van der Waals surface area contributed by atoms with Crippen molar-refractivity contribution >= 4 is 44.1 Å². The molecule has 2 N–H and O–H groups in total. The van der Waals surface area contributed by atoms with E-state index in [0.717, 1.165) is 52.2 Å². The van der Waals surface area contributed by atoms with Crippen LogP contribution in [0.1, 0.15) is 48.4 Å². The van der Waals surface area contributed by atoms with Gasteiger partial charge in [0.15, 0.2) is 11.5 Å². The van der Waals surface area contributed by atoms with Crippen LogP contribution in [0.15, 0.2) is 77.3 Å². The van der Waals surface area contributed by atoms with E-state index in [9.17, 15) is 9.59 Å². The lowest BCUT2D eigenvalue weighted by Crippen LogP contribution is -2.38. The van der Waals surface area contributed by atoms with Crippen LogP contribution < -0.4 is 20.1 Å². The lowest BCUT2D eigenvalue weighted by Gasteiger charge is -2.29. The van der Waals surface area contributed by atoms with Crippen molar-refractivity contribution in [1.29, 1.82) is 0 Å². The van der Waals surface area contributed by atoms with Crippen molar-refractivity contribution < 1.29 is 19.1 Å². The number of benzene rings is 3. The predicted octanol–water partition coefficient (Wildman–Crippen LogP) is 6.15. The number of carbonyl (C=O) groups is 2.